The third-order valence-electron chi connectivity index (χ3n) is 6.18. The lowest BCUT2D eigenvalue weighted by Crippen LogP contribution is -2.24. The van der Waals surface area contributed by atoms with Crippen molar-refractivity contribution in [1.82, 2.24) is 0 Å². The monoisotopic (exact) mass is 702 g/mol. The molecule has 0 bridgehead atoms. The standard InChI is InChI=1S/C20H28O8.C13H22O8/c1-15(12-26-20(23)28-16(2)13-27-19(22)24-3)8-7-11-18(21)25-14-17-9-5-4-6-10-17;1-9(5-4-6-11(14)15)7-19-13(17)21-10(2)8-20-12(16)18-3/h4-6,9-10,15-16H,7-8,11-14H2,1-3H3;9-10H,4-8H2,1-3H3,(H,14,15). The van der Waals surface area contributed by atoms with Crippen LogP contribution in [0.4, 0.5) is 19.2 Å². The molecule has 1 aromatic rings. The Morgan fingerprint density at radius 2 is 1.02 bits per heavy atom. The summed E-state index contributed by atoms with van der Waals surface area (Å²) in [5.74, 6) is -0.993. The SMILES string of the molecule is COC(=O)OCC(C)OC(=O)OCC(C)CCCC(=O)O.COC(=O)OCC(C)OC(=O)OCC(C)CCCC(=O)OCc1ccccc1. The average Bonchev–Trinajstić information content (AvgIpc) is 3.07. The number of hydrogen-bond donors (Lipinski definition) is 1. The van der Waals surface area contributed by atoms with E-state index in [-0.39, 0.29) is 57.3 Å². The van der Waals surface area contributed by atoms with Gasteiger partial charge in [0.05, 0.1) is 27.4 Å². The van der Waals surface area contributed by atoms with Crippen LogP contribution in [0.5, 0.6) is 0 Å². The van der Waals surface area contributed by atoms with Crippen molar-refractivity contribution in [2.45, 2.75) is 85.0 Å². The molecule has 49 heavy (non-hydrogen) atoms. The lowest BCUT2D eigenvalue weighted by Gasteiger charge is -2.15. The van der Waals surface area contributed by atoms with Crippen molar-refractivity contribution < 1.29 is 76.5 Å². The topological polar surface area (TPSA) is 206 Å². The first kappa shape index (κ1) is 44.2. The zero-order chi connectivity index (χ0) is 37.0. The molecule has 0 aliphatic rings. The van der Waals surface area contributed by atoms with E-state index in [0.717, 1.165) is 5.56 Å². The van der Waals surface area contributed by atoms with Gasteiger partial charge in [-0.25, -0.2) is 19.2 Å². The largest absolute Gasteiger partial charge is 0.508 e. The smallest absolute Gasteiger partial charge is 0.481 e. The van der Waals surface area contributed by atoms with E-state index in [4.69, 9.17) is 28.8 Å². The van der Waals surface area contributed by atoms with Gasteiger partial charge in [0.2, 0.25) is 0 Å². The van der Waals surface area contributed by atoms with Crippen molar-refractivity contribution in [3.05, 3.63) is 35.9 Å². The second-order valence-corrected chi connectivity index (χ2v) is 11.0. The minimum Gasteiger partial charge on any atom is -0.481 e. The second-order valence-electron chi connectivity index (χ2n) is 11.0. The van der Waals surface area contributed by atoms with E-state index in [1.165, 1.54) is 14.2 Å². The highest BCUT2D eigenvalue weighted by Crippen LogP contribution is 2.12. The Morgan fingerprint density at radius 1 is 0.592 bits per heavy atom. The highest BCUT2D eigenvalue weighted by Gasteiger charge is 2.16. The normalized spacial score (nSPS) is 12.6. The van der Waals surface area contributed by atoms with E-state index in [9.17, 15) is 28.8 Å². The number of carbonyl (C=O) groups excluding carboxylic acids is 5. The fourth-order valence-corrected chi connectivity index (χ4v) is 3.55. The Hall–Kier alpha value is -4.76. The van der Waals surface area contributed by atoms with Gasteiger partial charge in [-0.15, -0.1) is 0 Å². The van der Waals surface area contributed by atoms with Crippen molar-refractivity contribution in [1.29, 1.82) is 0 Å². The van der Waals surface area contributed by atoms with Gasteiger partial charge in [0.15, 0.2) is 0 Å². The average molecular weight is 703 g/mol. The lowest BCUT2D eigenvalue weighted by molar-refractivity contribution is -0.145. The molecule has 0 radical (unpaired) electrons. The molecule has 16 heteroatoms. The molecule has 0 fully saturated rings. The quantitative estimate of drug-likeness (QED) is 0.121. The molecule has 0 aromatic heterocycles. The number of carbonyl (C=O) groups is 6. The number of methoxy groups -OCH3 is 2. The van der Waals surface area contributed by atoms with E-state index in [0.29, 0.717) is 32.1 Å². The second kappa shape index (κ2) is 27.2. The van der Waals surface area contributed by atoms with Crippen LogP contribution in [0, 0.1) is 11.8 Å². The summed E-state index contributed by atoms with van der Waals surface area (Å²) >= 11 is 0. The summed E-state index contributed by atoms with van der Waals surface area (Å²) in [5.41, 5.74) is 0.947. The number of hydrogen-bond acceptors (Lipinski definition) is 15. The Balaban J connectivity index is 0.000000983. The van der Waals surface area contributed by atoms with E-state index in [2.05, 4.69) is 18.9 Å². The summed E-state index contributed by atoms with van der Waals surface area (Å²) in [6.45, 7) is 7.19. The summed E-state index contributed by atoms with van der Waals surface area (Å²) < 4.78 is 42.8. The van der Waals surface area contributed by atoms with Crippen LogP contribution in [-0.2, 0) is 58.8 Å². The number of rotatable bonds is 20. The van der Waals surface area contributed by atoms with Crippen LogP contribution in [0.25, 0.3) is 0 Å². The van der Waals surface area contributed by atoms with Crippen LogP contribution in [-0.4, -0.2) is 94.5 Å². The Bertz CT molecular complexity index is 1110. The molecule has 0 aliphatic carbocycles. The zero-order valence-corrected chi connectivity index (χ0v) is 29.0. The summed E-state index contributed by atoms with van der Waals surface area (Å²) in [6, 6.07) is 9.48. The minimum atomic E-state index is -0.860. The summed E-state index contributed by atoms with van der Waals surface area (Å²) in [5, 5.41) is 8.50. The van der Waals surface area contributed by atoms with Gasteiger partial charge < -0.3 is 47.7 Å². The number of aliphatic carboxylic acids is 1. The Kier molecular flexibility index (Phi) is 24.6. The van der Waals surface area contributed by atoms with Crippen molar-refractivity contribution in [3.63, 3.8) is 0 Å². The predicted molar refractivity (Wildman–Crippen MR) is 170 cm³/mol. The van der Waals surface area contributed by atoms with Crippen LogP contribution < -0.4 is 0 Å². The highest BCUT2D eigenvalue weighted by molar-refractivity contribution is 5.69. The molecule has 4 atom stereocenters. The van der Waals surface area contributed by atoms with Gasteiger partial charge >= 0.3 is 36.6 Å². The van der Waals surface area contributed by atoms with Gasteiger partial charge in [-0.1, -0.05) is 44.2 Å². The zero-order valence-electron chi connectivity index (χ0n) is 29.0. The molecule has 1 aromatic carbocycles. The molecule has 1 rings (SSSR count). The molecule has 1 N–H and O–H groups in total. The minimum absolute atomic E-state index is 0.0403. The Morgan fingerprint density at radius 3 is 1.45 bits per heavy atom. The molecule has 4 unspecified atom stereocenters. The van der Waals surface area contributed by atoms with Gasteiger partial charge in [0, 0.05) is 12.8 Å². The molecular formula is C33H50O16. The molecule has 0 amide bonds. The predicted octanol–water partition coefficient (Wildman–Crippen LogP) is 6.06. The summed E-state index contributed by atoms with van der Waals surface area (Å²) in [6.07, 6.45) is -1.80. The highest BCUT2D eigenvalue weighted by atomic mass is 16.8. The van der Waals surface area contributed by atoms with Gasteiger partial charge in [-0.05, 0) is 56.9 Å². The molecule has 0 saturated heterocycles. The molecule has 0 aliphatic heterocycles. The van der Waals surface area contributed by atoms with E-state index in [1.807, 2.05) is 44.2 Å². The molecule has 0 spiro atoms. The first-order valence-electron chi connectivity index (χ1n) is 15.7. The van der Waals surface area contributed by atoms with Crippen molar-refractivity contribution >= 4 is 36.6 Å². The first-order valence-corrected chi connectivity index (χ1v) is 15.7. The molecule has 0 saturated carbocycles. The number of carboxylic acid groups (broad SMARTS) is 1. The number of carboxylic acids is 1. The third-order valence-corrected chi connectivity index (χ3v) is 6.18. The fraction of sp³-hybridized carbons (Fsp3) is 0.636. The van der Waals surface area contributed by atoms with E-state index < -0.39 is 42.8 Å². The molecule has 16 nitrogen and oxygen atoms in total. The number of benzene rings is 1. The number of esters is 1. The molecule has 0 heterocycles. The van der Waals surface area contributed by atoms with Crippen molar-refractivity contribution in [3.8, 4) is 0 Å². The van der Waals surface area contributed by atoms with Crippen molar-refractivity contribution in [2.75, 3.05) is 40.6 Å². The van der Waals surface area contributed by atoms with E-state index in [1.54, 1.807) is 13.8 Å². The van der Waals surface area contributed by atoms with Crippen molar-refractivity contribution in [2.24, 2.45) is 11.8 Å². The van der Waals surface area contributed by atoms with E-state index >= 15 is 0 Å². The first-order chi connectivity index (χ1) is 23.2. The van der Waals surface area contributed by atoms with Crippen LogP contribution in [0.2, 0.25) is 0 Å². The molecular weight excluding hydrogens is 652 g/mol. The lowest BCUT2D eigenvalue weighted by atomic mass is 10.1. The maximum atomic E-state index is 11.7. The van der Waals surface area contributed by atoms with Crippen LogP contribution >= 0.6 is 0 Å². The summed E-state index contributed by atoms with van der Waals surface area (Å²) in [4.78, 5) is 66.6. The van der Waals surface area contributed by atoms with Gasteiger partial charge in [-0.2, -0.15) is 0 Å². The van der Waals surface area contributed by atoms with Crippen LogP contribution in [0.3, 0.4) is 0 Å². The Labute approximate surface area is 286 Å². The fourth-order valence-electron chi connectivity index (χ4n) is 3.55. The third kappa shape index (κ3) is 26.9. The van der Waals surface area contributed by atoms with Crippen LogP contribution in [0.15, 0.2) is 30.3 Å². The van der Waals surface area contributed by atoms with Gasteiger partial charge in [0.25, 0.3) is 0 Å². The maximum Gasteiger partial charge on any atom is 0.508 e. The maximum absolute atomic E-state index is 11.7. The van der Waals surface area contributed by atoms with Crippen LogP contribution in [0.1, 0.15) is 71.8 Å². The number of ether oxygens (including phenoxy) is 9. The molecule has 278 valence electrons. The summed E-state index contributed by atoms with van der Waals surface area (Å²) in [7, 11) is 2.36. The van der Waals surface area contributed by atoms with Gasteiger partial charge in [-0.3, -0.25) is 9.59 Å². The van der Waals surface area contributed by atoms with Gasteiger partial charge in [0.1, 0.15) is 32.0 Å².